The topological polar surface area (TPSA) is 143 Å². The summed E-state index contributed by atoms with van der Waals surface area (Å²) in [5.74, 6) is 2.62. The van der Waals surface area contributed by atoms with Gasteiger partial charge in [0, 0.05) is 21.7 Å². The van der Waals surface area contributed by atoms with Crippen LogP contribution in [0.4, 0.5) is 16.3 Å². The van der Waals surface area contributed by atoms with E-state index in [1.54, 1.807) is 6.07 Å². The number of hydrogen-bond acceptors (Lipinski definition) is 5. The van der Waals surface area contributed by atoms with E-state index < -0.39 is 27.6 Å². The van der Waals surface area contributed by atoms with E-state index in [-0.39, 0.29) is 27.5 Å². The fourth-order valence-electron chi connectivity index (χ4n) is 2.69. The molecule has 0 spiro atoms. The molecular weight excluding hydrogens is 489 g/mol. The number of halogens is 2. The molecule has 3 aromatic rings. The van der Waals surface area contributed by atoms with E-state index in [1.165, 1.54) is 54.7 Å². The van der Waals surface area contributed by atoms with Crippen LogP contribution in [0.5, 0.6) is 0 Å². The number of nitrogens with two attached hydrogens (primary N) is 1. The molecule has 2 aromatic carbocycles. The fraction of sp³-hybridized carbons (Fsp3) is 0. The van der Waals surface area contributed by atoms with Gasteiger partial charge >= 0.3 is 6.03 Å². The van der Waals surface area contributed by atoms with Gasteiger partial charge in [0.15, 0.2) is 0 Å². The largest absolute Gasteiger partial charge is 0.351 e. The van der Waals surface area contributed by atoms with Gasteiger partial charge in [-0.05, 0) is 60.5 Å². The molecule has 33 heavy (non-hydrogen) atoms. The third-order valence-corrected chi connectivity index (χ3v) is 6.23. The Labute approximate surface area is 199 Å². The highest BCUT2D eigenvalue weighted by molar-refractivity contribution is 7.99. The van der Waals surface area contributed by atoms with Gasteiger partial charge in [0.05, 0.1) is 26.0 Å². The molecule has 4 amide bonds. The Balaban J connectivity index is 1.80. The summed E-state index contributed by atoms with van der Waals surface area (Å²) in [5, 5.41) is 5.95. The number of carbonyl (C=O) groups is 3. The van der Waals surface area contributed by atoms with Crippen molar-refractivity contribution in [3.05, 3.63) is 82.0 Å². The number of anilines is 2. The van der Waals surface area contributed by atoms with E-state index in [4.69, 9.17) is 28.9 Å². The van der Waals surface area contributed by atoms with E-state index in [0.29, 0.717) is 10.0 Å². The molecule has 0 fully saturated rings. The first kappa shape index (κ1) is 24.1. The lowest BCUT2D eigenvalue weighted by molar-refractivity contribution is 0.102. The maximum absolute atomic E-state index is 12.8. The van der Waals surface area contributed by atoms with Gasteiger partial charge in [0.2, 0.25) is 0 Å². The SMILES string of the molecule is C=S(=O)(NC(N)=O)c1ccc(C(=O)Nc2ccc(Cl)cc2C(=O)Nc2ccc(Cl)cn2)cc1. The predicted molar refractivity (Wildman–Crippen MR) is 129 cm³/mol. The minimum absolute atomic E-state index is 0.107. The Morgan fingerprint density at radius 2 is 1.58 bits per heavy atom. The zero-order valence-electron chi connectivity index (χ0n) is 16.8. The second kappa shape index (κ2) is 9.90. The highest BCUT2D eigenvalue weighted by atomic mass is 35.5. The van der Waals surface area contributed by atoms with Crippen molar-refractivity contribution in [2.45, 2.75) is 4.90 Å². The van der Waals surface area contributed by atoms with Crippen LogP contribution in [-0.2, 0) is 9.71 Å². The van der Waals surface area contributed by atoms with Crippen molar-refractivity contribution in [3.63, 3.8) is 0 Å². The summed E-state index contributed by atoms with van der Waals surface area (Å²) in [4.78, 5) is 40.7. The molecule has 1 atom stereocenters. The second-order valence-corrected chi connectivity index (χ2v) is 9.52. The summed E-state index contributed by atoms with van der Waals surface area (Å²) in [7, 11) is -3.15. The molecule has 0 bridgehead atoms. The summed E-state index contributed by atoms with van der Waals surface area (Å²) in [6, 6.07) is 12.1. The van der Waals surface area contributed by atoms with E-state index >= 15 is 0 Å². The van der Waals surface area contributed by atoms with Crippen molar-refractivity contribution in [1.82, 2.24) is 9.71 Å². The lowest BCUT2D eigenvalue weighted by Crippen LogP contribution is -2.34. The molecule has 0 aliphatic heterocycles. The lowest BCUT2D eigenvalue weighted by Gasteiger charge is -2.13. The summed E-state index contributed by atoms with van der Waals surface area (Å²) < 4.78 is 14.5. The normalized spacial score (nSPS) is 12.3. The summed E-state index contributed by atoms with van der Waals surface area (Å²) in [6.07, 6.45) is 1.38. The van der Waals surface area contributed by atoms with Gasteiger partial charge < -0.3 is 16.4 Å². The third kappa shape index (κ3) is 6.22. The van der Waals surface area contributed by atoms with Crippen molar-refractivity contribution in [2.24, 2.45) is 5.73 Å². The minimum Gasteiger partial charge on any atom is -0.351 e. The quantitative estimate of drug-likeness (QED) is 0.378. The minimum atomic E-state index is -3.15. The molecule has 5 N–H and O–H groups in total. The van der Waals surface area contributed by atoms with Gasteiger partial charge in [0.1, 0.15) is 5.82 Å². The zero-order valence-corrected chi connectivity index (χ0v) is 19.1. The predicted octanol–water partition coefficient (Wildman–Crippen LogP) is 3.55. The Hall–Kier alpha value is -3.60. The number of aromatic nitrogens is 1. The summed E-state index contributed by atoms with van der Waals surface area (Å²) in [5.41, 5.74) is 5.51. The van der Waals surface area contributed by atoms with Crippen LogP contribution in [0.3, 0.4) is 0 Å². The van der Waals surface area contributed by atoms with Gasteiger partial charge in [-0.2, -0.15) is 0 Å². The molecule has 1 aromatic heterocycles. The van der Waals surface area contributed by atoms with Crippen molar-refractivity contribution in [3.8, 4) is 0 Å². The van der Waals surface area contributed by atoms with Gasteiger partial charge in [-0.1, -0.05) is 23.2 Å². The van der Waals surface area contributed by atoms with Crippen LogP contribution in [0.25, 0.3) is 0 Å². The molecule has 9 nitrogen and oxygen atoms in total. The Bertz CT molecular complexity index is 1330. The van der Waals surface area contributed by atoms with Crippen LogP contribution in [0.1, 0.15) is 20.7 Å². The Morgan fingerprint density at radius 1 is 0.909 bits per heavy atom. The summed E-state index contributed by atoms with van der Waals surface area (Å²) in [6.45, 7) is 0. The van der Waals surface area contributed by atoms with Crippen molar-refractivity contribution in [1.29, 1.82) is 0 Å². The Morgan fingerprint density at radius 3 is 2.18 bits per heavy atom. The molecule has 170 valence electrons. The average molecular weight is 506 g/mol. The highest BCUT2D eigenvalue weighted by Crippen LogP contribution is 2.23. The van der Waals surface area contributed by atoms with Crippen LogP contribution in [-0.4, -0.2) is 32.9 Å². The number of carbonyl (C=O) groups excluding carboxylic acids is 3. The number of pyridine rings is 1. The number of nitrogens with zero attached hydrogens (tertiary/aromatic N) is 1. The molecule has 12 heteroatoms. The number of hydrogen-bond donors (Lipinski definition) is 4. The standard InChI is InChI=1S/C21H17Cl2N5O4S/c1-33(32,28-21(24)31)15-6-2-12(3-7-15)19(29)26-17-8-4-13(22)10-16(17)20(30)27-18-9-5-14(23)11-25-18/h2-11H,1H2,(H,26,29)(H,25,27,30)(H3,24,28,31,32). The second-order valence-electron chi connectivity index (χ2n) is 6.63. The molecule has 3 rings (SSSR count). The first-order valence-corrected chi connectivity index (χ1v) is 11.6. The van der Waals surface area contributed by atoms with Crippen LogP contribution < -0.4 is 21.1 Å². The van der Waals surface area contributed by atoms with Crippen molar-refractivity contribution >= 4 is 68.1 Å². The first-order valence-electron chi connectivity index (χ1n) is 9.13. The van der Waals surface area contributed by atoms with Crippen LogP contribution in [0, 0.1) is 0 Å². The smallest absolute Gasteiger partial charge is 0.323 e. The highest BCUT2D eigenvalue weighted by Gasteiger charge is 2.17. The van der Waals surface area contributed by atoms with E-state index in [9.17, 15) is 18.6 Å². The molecule has 1 unspecified atom stereocenters. The number of rotatable bonds is 6. The molecule has 0 saturated carbocycles. The van der Waals surface area contributed by atoms with Crippen LogP contribution >= 0.6 is 23.2 Å². The van der Waals surface area contributed by atoms with Gasteiger partial charge in [-0.25, -0.2) is 14.0 Å². The monoisotopic (exact) mass is 505 g/mol. The average Bonchev–Trinajstić information content (AvgIpc) is 2.75. The van der Waals surface area contributed by atoms with E-state index in [0.717, 1.165) is 0 Å². The lowest BCUT2D eigenvalue weighted by atomic mass is 10.1. The number of primary amides is 1. The zero-order chi connectivity index (χ0) is 24.2. The number of nitrogens with one attached hydrogen (secondary N) is 3. The van der Waals surface area contributed by atoms with E-state index in [1.807, 2.05) is 0 Å². The van der Waals surface area contributed by atoms with Gasteiger partial charge in [0.25, 0.3) is 11.8 Å². The first-order chi connectivity index (χ1) is 15.5. The van der Waals surface area contributed by atoms with Crippen LogP contribution in [0.2, 0.25) is 10.0 Å². The number of urea groups is 1. The van der Waals surface area contributed by atoms with Crippen molar-refractivity contribution < 1.29 is 18.6 Å². The summed E-state index contributed by atoms with van der Waals surface area (Å²) >= 11 is 11.8. The fourth-order valence-corrected chi connectivity index (χ4v) is 3.99. The molecular formula is C21H17Cl2N5O4S. The maximum atomic E-state index is 12.8. The number of amides is 4. The molecule has 0 aliphatic rings. The van der Waals surface area contributed by atoms with Gasteiger partial charge in [-0.3, -0.25) is 14.3 Å². The van der Waals surface area contributed by atoms with Gasteiger partial charge in [-0.15, -0.1) is 0 Å². The molecule has 0 saturated heterocycles. The molecule has 0 aliphatic carbocycles. The van der Waals surface area contributed by atoms with E-state index in [2.05, 4.69) is 26.2 Å². The number of benzene rings is 2. The maximum Gasteiger partial charge on any atom is 0.323 e. The molecule has 1 heterocycles. The Kier molecular flexibility index (Phi) is 7.22. The van der Waals surface area contributed by atoms with Crippen LogP contribution in [0.15, 0.2) is 65.7 Å². The van der Waals surface area contributed by atoms with Crippen molar-refractivity contribution in [2.75, 3.05) is 10.6 Å². The molecule has 0 radical (unpaired) electrons. The third-order valence-electron chi connectivity index (χ3n) is 4.21.